The molecule has 0 spiro atoms. The van der Waals surface area contributed by atoms with Gasteiger partial charge in [-0.15, -0.1) is 0 Å². The quantitative estimate of drug-likeness (QED) is 0.160. The molecule has 354 valence electrons. The van der Waals surface area contributed by atoms with E-state index in [0.717, 1.165) is 94.1 Å². The minimum Gasteiger partial charge on any atom is -0.309 e. The molecule has 0 N–H and O–H groups in total. The van der Waals surface area contributed by atoms with Crippen molar-refractivity contribution >= 4 is 87.2 Å². The predicted octanol–water partition coefficient (Wildman–Crippen LogP) is 17.3. The van der Waals surface area contributed by atoms with Crippen molar-refractivity contribution in [2.24, 2.45) is 0 Å². The zero-order valence-electron chi connectivity index (χ0n) is 41.0. The van der Waals surface area contributed by atoms with Gasteiger partial charge in [-0.3, -0.25) is 0 Å². The maximum Gasteiger partial charge on any atom is 0.164 e. The molecule has 0 aliphatic carbocycles. The summed E-state index contributed by atoms with van der Waals surface area (Å²) in [6.07, 6.45) is 0. The highest BCUT2D eigenvalue weighted by atomic mass is 15.1. The Morgan fingerprint density at radius 2 is 0.632 bits per heavy atom. The summed E-state index contributed by atoms with van der Waals surface area (Å²) in [4.78, 5) is 15.7. The third-order valence-electron chi connectivity index (χ3n) is 15.4. The Hall–Kier alpha value is -10.4. The van der Waals surface area contributed by atoms with E-state index in [9.17, 15) is 0 Å². The van der Waals surface area contributed by atoms with Crippen LogP contribution in [0.15, 0.2) is 261 Å². The van der Waals surface area contributed by atoms with Gasteiger partial charge in [-0.05, 0) is 84.9 Å². The lowest BCUT2D eigenvalue weighted by atomic mass is 10.0. The second kappa shape index (κ2) is 16.6. The van der Waals surface area contributed by atoms with E-state index < -0.39 is 0 Å². The number of hydrogen-bond acceptors (Lipinski definition) is 3. The molecular weight excluding hydrogens is 927 g/mol. The van der Waals surface area contributed by atoms with E-state index in [1.165, 1.54) is 32.6 Å². The van der Waals surface area contributed by atoms with Crippen LogP contribution in [0.25, 0.3) is 144 Å². The fourth-order valence-corrected chi connectivity index (χ4v) is 12.2. The van der Waals surface area contributed by atoms with Crippen LogP contribution in [0.1, 0.15) is 0 Å². The molecule has 7 nitrogen and oxygen atoms in total. The van der Waals surface area contributed by atoms with Gasteiger partial charge in [0, 0.05) is 82.5 Å². The smallest absolute Gasteiger partial charge is 0.164 e. The Kier molecular flexibility index (Phi) is 9.20. The van der Waals surface area contributed by atoms with Crippen molar-refractivity contribution in [3.8, 4) is 56.9 Å². The van der Waals surface area contributed by atoms with Crippen LogP contribution in [0.4, 0.5) is 0 Å². The summed E-state index contributed by atoms with van der Waals surface area (Å²) >= 11 is 0. The van der Waals surface area contributed by atoms with Gasteiger partial charge in [0.05, 0.1) is 44.1 Å². The molecule has 5 aromatic heterocycles. The average molecular weight is 970 g/mol. The summed E-state index contributed by atoms with van der Waals surface area (Å²) in [5.41, 5.74) is 16.3. The number of aromatic nitrogens is 7. The first-order chi connectivity index (χ1) is 37.7. The summed E-state index contributed by atoms with van der Waals surface area (Å²) in [6, 6.07) is 93.3. The van der Waals surface area contributed by atoms with Crippen molar-refractivity contribution in [2.45, 2.75) is 0 Å². The number of nitrogens with zero attached hydrogens (tertiary/aromatic N) is 7. The van der Waals surface area contributed by atoms with E-state index >= 15 is 0 Å². The highest BCUT2D eigenvalue weighted by Gasteiger charge is 2.26. The first-order valence-electron chi connectivity index (χ1n) is 25.8. The fraction of sp³-hybridized carbons (Fsp3) is 0. The van der Waals surface area contributed by atoms with Gasteiger partial charge in [-0.25, -0.2) is 15.0 Å². The summed E-state index contributed by atoms with van der Waals surface area (Å²) in [5, 5.41) is 9.38. The van der Waals surface area contributed by atoms with E-state index in [0.29, 0.717) is 17.5 Å². The van der Waals surface area contributed by atoms with Crippen LogP contribution in [-0.2, 0) is 0 Å². The van der Waals surface area contributed by atoms with Crippen molar-refractivity contribution in [1.82, 2.24) is 33.2 Å². The molecule has 11 aromatic carbocycles. The molecule has 5 heterocycles. The molecule has 0 aliphatic heterocycles. The van der Waals surface area contributed by atoms with Crippen molar-refractivity contribution in [1.29, 1.82) is 0 Å². The van der Waals surface area contributed by atoms with Gasteiger partial charge < -0.3 is 18.3 Å². The molecule has 0 unspecified atom stereocenters. The van der Waals surface area contributed by atoms with Gasteiger partial charge in [0.1, 0.15) is 0 Å². The number of benzene rings is 11. The van der Waals surface area contributed by atoms with Crippen molar-refractivity contribution in [3.63, 3.8) is 0 Å². The van der Waals surface area contributed by atoms with Crippen LogP contribution in [-0.4, -0.2) is 33.2 Å². The average Bonchev–Trinajstić information content (AvgIpc) is 4.43. The molecule has 16 aromatic rings. The van der Waals surface area contributed by atoms with Crippen LogP contribution >= 0.6 is 0 Å². The third-order valence-corrected chi connectivity index (χ3v) is 15.4. The zero-order valence-corrected chi connectivity index (χ0v) is 41.0. The van der Waals surface area contributed by atoms with E-state index in [1.54, 1.807) is 0 Å². The molecule has 0 atom stereocenters. The molecular formula is C69H43N7. The highest BCUT2D eigenvalue weighted by molar-refractivity contribution is 6.29. The van der Waals surface area contributed by atoms with Crippen molar-refractivity contribution < 1.29 is 0 Å². The molecule has 0 aliphatic rings. The first-order valence-corrected chi connectivity index (χ1v) is 25.8. The Labute approximate surface area is 436 Å². The van der Waals surface area contributed by atoms with Gasteiger partial charge in [0.2, 0.25) is 0 Å². The molecule has 0 fully saturated rings. The van der Waals surface area contributed by atoms with Gasteiger partial charge >= 0.3 is 0 Å². The van der Waals surface area contributed by atoms with Gasteiger partial charge in [-0.2, -0.15) is 0 Å². The van der Waals surface area contributed by atoms with E-state index in [2.05, 4.69) is 243 Å². The van der Waals surface area contributed by atoms with E-state index in [-0.39, 0.29) is 0 Å². The molecule has 0 bridgehead atoms. The summed E-state index contributed by atoms with van der Waals surface area (Å²) < 4.78 is 9.81. The molecule has 0 saturated heterocycles. The van der Waals surface area contributed by atoms with Crippen molar-refractivity contribution in [2.75, 3.05) is 0 Å². The molecule has 0 amide bonds. The van der Waals surface area contributed by atoms with Crippen molar-refractivity contribution in [3.05, 3.63) is 261 Å². The van der Waals surface area contributed by atoms with Crippen LogP contribution < -0.4 is 0 Å². The van der Waals surface area contributed by atoms with Gasteiger partial charge in [0.25, 0.3) is 0 Å². The van der Waals surface area contributed by atoms with Crippen LogP contribution in [0, 0.1) is 0 Å². The topological polar surface area (TPSA) is 58.4 Å². The summed E-state index contributed by atoms with van der Waals surface area (Å²) in [6.45, 7) is 0. The predicted molar refractivity (Wildman–Crippen MR) is 313 cm³/mol. The van der Waals surface area contributed by atoms with E-state index in [1.807, 2.05) is 36.4 Å². The lowest BCUT2D eigenvalue weighted by molar-refractivity contribution is 1.08. The third kappa shape index (κ3) is 6.20. The Bertz CT molecular complexity index is 4900. The molecule has 7 heteroatoms. The highest BCUT2D eigenvalue weighted by Crippen LogP contribution is 2.47. The monoisotopic (exact) mass is 969 g/mol. The van der Waals surface area contributed by atoms with E-state index in [4.69, 9.17) is 15.0 Å². The molecule has 76 heavy (non-hydrogen) atoms. The lowest BCUT2D eigenvalue weighted by Gasteiger charge is -2.11. The summed E-state index contributed by atoms with van der Waals surface area (Å²) in [7, 11) is 0. The van der Waals surface area contributed by atoms with Gasteiger partial charge in [-0.1, -0.05) is 176 Å². The second-order valence-corrected chi connectivity index (χ2v) is 19.5. The number of rotatable bonds is 7. The normalized spacial score (nSPS) is 11.9. The zero-order chi connectivity index (χ0) is 49.8. The largest absolute Gasteiger partial charge is 0.309 e. The SMILES string of the molecule is c1ccc(-c2nc(-c3ccccc3)nc(-c3cccc4c3c3ccc5c(c6cc(-n7c8ccccc8c8c7ccc7c9ccccc9n(-c9ccccc9)c78)ccc6n5-c5ccccc5)c3n4-c3ccccc3)n2)cc1. The molecule has 0 saturated carbocycles. The second-order valence-electron chi connectivity index (χ2n) is 19.5. The Morgan fingerprint density at radius 3 is 1.25 bits per heavy atom. The molecule has 0 radical (unpaired) electrons. The number of fused-ring (bicyclic) bond motifs is 14. The number of hydrogen-bond donors (Lipinski definition) is 0. The lowest BCUT2D eigenvalue weighted by Crippen LogP contribution is -2.00. The molecule has 16 rings (SSSR count). The first kappa shape index (κ1) is 42.2. The minimum atomic E-state index is 0.617. The Morgan fingerprint density at radius 1 is 0.224 bits per heavy atom. The van der Waals surface area contributed by atoms with Crippen LogP contribution in [0.2, 0.25) is 0 Å². The fourth-order valence-electron chi connectivity index (χ4n) is 12.2. The standard InChI is InChI=1S/C69H43N7/c1-6-21-44(22-7-1)67-70-68(45-23-8-2-9-24-45)72-69(71-67)54-33-20-36-59-62(54)53-39-42-61-64(66(53)76(59)48-29-14-5-15-30-48)55-43-49(37-40-58(55)73(61)46-25-10-3-11-26-46)74-57-35-19-17-32-52(57)63-60(74)41-38-51-50-31-16-18-34-56(50)75(65(51)63)47-27-12-4-13-28-47/h1-43H. The minimum absolute atomic E-state index is 0.617. The maximum absolute atomic E-state index is 5.30. The van der Waals surface area contributed by atoms with Gasteiger partial charge in [0.15, 0.2) is 17.5 Å². The van der Waals surface area contributed by atoms with Crippen LogP contribution in [0.5, 0.6) is 0 Å². The maximum atomic E-state index is 5.30. The summed E-state index contributed by atoms with van der Waals surface area (Å²) in [5.74, 6) is 1.87. The van der Waals surface area contributed by atoms with Crippen LogP contribution in [0.3, 0.4) is 0 Å². The number of para-hydroxylation sites is 5. The Balaban J connectivity index is 1.03.